The second-order valence-corrected chi connectivity index (χ2v) is 15.5. The van der Waals surface area contributed by atoms with E-state index in [4.69, 9.17) is 20.4 Å². The van der Waals surface area contributed by atoms with Crippen molar-refractivity contribution < 1.29 is 161 Å². The summed E-state index contributed by atoms with van der Waals surface area (Å²) in [5, 5.41) is 42.8. The van der Waals surface area contributed by atoms with Gasteiger partial charge in [0, 0.05) is 0 Å². The van der Waals surface area contributed by atoms with Gasteiger partial charge >= 0.3 is 88.7 Å². The quantitative estimate of drug-likeness (QED) is 0.0123. The summed E-state index contributed by atoms with van der Waals surface area (Å²) in [5.74, 6) is -1.23. The Kier molecular flexibility index (Phi) is 24.7. The molecule has 0 unspecified atom stereocenters. The Morgan fingerprint density at radius 2 is 1.21 bits per heavy atom. The topological polar surface area (TPSA) is 338 Å². The maximum Gasteiger partial charge on any atom is 1.00 e. The molecule has 0 atom stereocenters. The fourth-order valence-corrected chi connectivity index (χ4v) is 6.99. The minimum atomic E-state index is -5.13. The summed E-state index contributed by atoms with van der Waals surface area (Å²) in [4.78, 5) is -0.645. The molecule has 0 aromatic heterocycles. The van der Waals surface area contributed by atoms with E-state index in [1.54, 1.807) is 0 Å². The average molecular weight is 869 g/mol. The number of nitrogens with zero attached hydrogens (tertiary/aromatic N) is 4. The molecule has 3 rings (SSSR count). The zero-order chi connectivity index (χ0) is 37.0. The molecule has 53 heavy (non-hydrogen) atoms. The van der Waals surface area contributed by atoms with Crippen LogP contribution in [0.2, 0.25) is 0 Å². The smallest absolute Gasteiger partial charge is 0.726 e. The number of sulfone groups is 2. The van der Waals surface area contributed by atoms with E-state index in [1.807, 2.05) is 0 Å². The largest absolute Gasteiger partial charge is 1.00 e. The first-order valence-corrected chi connectivity index (χ1v) is 18.9. The van der Waals surface area contributed by atoms with Crippen LogP contribution >= 0.6 is 24.4 Å². The van der Waals surface area contributed by atoms with E-state index < -0.39 is 48.2 Å². The van der Waals surface area contributed by atoms with E-state index in [1.165, 1.54) is 43.5 Å². The molecule has 0 aliphatic carbocycles. The molecule has 0 radical (unpaired) electrons. The van der Waals surface area contributed by atoms with Crippen molar-refractivity contribution in [3.63, 3.8) is 0 Å². The van der Waals surface area contributed by atoms with Crippen LogP contribution < -0.4 is 115 Å². The van der Waals surface area contributed by atoms with Crippen LogP contribution in [-0.2, 0) is 57.2 Å². The van der Waals surface area contributed by atoms with Gasteiger partial charge in [0.1, 0.15) is 28.5 Å². The zero-order valence-corrected chi connectivity index (χ0v) is 38.0. The van der Waals surface area contributed by atoms with Crippen LogP contribution in [0.15, 0.2) is 83.7 Å². The fourth-order valence-electron chi connectivity index (χ4n) is 3.52. The first-order chi connectivity index (χ1) is 23.6. The summed E-state index contributed by atoms with van der Waals surface area (Å²) in [6.45, 7) is -1.30. The van der Waals surface area contributed by atoms with Gasteiger partial charge in [-0.15, -0.1) is 24.8 Å². The predicted octanol–water partition coefficient (Wildman–Crippen LogP) is -7.24. The Labute approximate surface area is 377 Å². The van der Waals surface area contributed by atoms with Gasteiger partial charge in [-0.2, -0.15) is 4.33 Å². The first kappa shape index (κ1) is 52.5. The summed E-state index contributed by atoms with van der Waals surface area (Å²) in [7, 11) is -11.9. The van der Waals surface area contributed by atoms with Gasteiger partial charge < -0.3 is 31.3 Å². The van der Waals surface area contributed by atoms with Crippen molar-refractivity contribution in [2.24, 2.45) is 20.5 Å². The molecular formula is C23H23N6Na3O16S5. The van der Waals surface area contributed by atoms with E-state index in [-0.39, 0.29) is 174 Å². The molecule has 0 aliphatic rings. The van der Waals surface area contributed by atoms with E-state index in [0.717, 1.165) is 12.1 Å². The third-order valence-electron chi connectivity index (χ3n) is 5.78. The number of nitrogens with two attached hydrogens (primary N) is 2. The minimum absolute atomic E-state index is 0. The number of anilines is 2. The zero-order valence-electron chi connectivity index (χ0n) is 28.0. The van der Waals surface area contributed by atoms with Crippen molar-refractivity contribution in [3.05, 3.63) is 48.5 Å². The van der Waals surface area contributed by atoms with Crippen LogP contribution in [0.5, 0.6) is 5.75 Å². The summed E-state index contributed by atoms with van der Waals surface area (Å²) in [6.07, 6.45) is 0. The fraction of sp³-hybridized carbons (Fsp3) is 0.217. The van der Waals surface area contributed by atoms with E-state index >= 15 is 0 Å². The molecule has 0 amide bonds. The number of hydrogen-bond acceptors (Lipinski definition) is 24. The molecule has 4 N–H and O–H groups in total. The third-order valence-corrected chi connectivity index (χ3v) is 10.6. The van der Waals surface area contributed by atoms with Gasteiger partial charge in [0.05, 0.1) is 69.9 Å². The molecule has 0 bridgehead atoms. The van der Waals surface area contributed by atoms with Crippen LogP contribution in [0.3, 0.4) is 0 Å². The number of benzene rings is 3. The van der Waals surface area contributed by atoms with Crippen molar-refractivity contribution in [2.75, 3.05) is 43.3 Å². The number of azo groups is 2. The summed E-state index contributed by atoms with van der Waals surface area (Å²) < 4.78 is 105. The molecule has 22 nitrogen and oxygen atoms in total. The number of hydrogen-bond donors (Lipinski definition) is 2. The number of nitrogen functional groups attached to an aromatic ring is 2. The number of methoxy groups -OCH3 is 1. The number of rotatable bonds is 20. The molecule has 0 heterocycles. The Bertz CT molecular complexity index is 2050. The van der Waals surface area contributed by atoms with Crippen LogP contribution in [0.1, 0.15) is 0 Å². The molecule has 0 saturated carbocycles. The molecule has 3 aromatic carbocycles. The molecule has 3 aromatic rings. The number of ether oxygens (including phenoxy) is 1. The molecular weight excluding hydrogens is 846 g/mol. The first-order valence-electron chi connectivity index (χ1n) is 12.9. The second-order valence-electron chi connectivity index (χ2n) is 8.95. The van der Waals surface area contributed by atoms with Gasteiger partial charge in [-0.25, -0.2) is 25.3 Å². The molecule has 0 aliphatic heterocycles. The van der Waals surface area contributed by atoms with Crippen LogP contribution in [0.4, 0.5) is 34.1 Å². The van der Waals surface area contributed by atoms with Crippen LogP contribution in [0.25, 0.3) is 0 Å². The van der Waals surface area contributed by atoms with E-state index in [9.17, 15) is 40.3 Å². The van der Waals surface area contributed by atoms with Crippen molar-refractivity contribution in [2.45, 2.75) is 14.7 Å². The molecule has 0 spiro atoms. The van der Waals surface area contributed by atoms with Gasteiger partial charge in [-0.1, -0.05) is 0 Å². The minimum Gasteiger partial charge on any atom is -0.726 e. The maximum atomic E-state index is 12.8. The maximum absolute atomic E-state index is 12.8. The van der Waals surface area contributed by atoms with Gasteiger partial charge in [0.2, 0.25) is 10.4 Å². The standard InChI is InChI=1S/C23H26N6O16S5.3Na/c1-39-22-5-3-14(48(32,33)8-6-40-47-45-43-31)10-21(22)29-28-20-13-19(16(24)12-17(20)25)27-26-18-4-2-15(11-23(18)46-44-42-30)49(34,35)9-7-41-50(36,37)38;;;/h2-5,10-13,30-31H,6-9,24-25H2,1H3,(H,36,37,38);;;/q;3*+1/p-3. The molecule has 30 heteroatoms. The monoisotopic (exact) mass is 868 g/mol. The molecule has 274 valence electrons. The Morgan fingerprint density at radius 3 is 1.77 bits per heavy atom. The van der Waals surface area contributed by atoms with Gasteiger partial charge in [-0.3, -0.25) is 18.4 Å². The molecule has 0 saturated heterocycles. The third kappa shape index (κ3) is 17.2. The average Bonchev–Trinajstić information content (AvgIpc) is 3.05. The summed E-state index contributed by atoms with van der Waals surface area (Å²) in [5.41, 5.74) is 12.1. The van der Waals surface area contributed by atoms with Crippen molar-refractivity contribution >= 4 is 88.6 Å². The van der Waals surface area contributed by atoms with Gasteiger partial charge in [0.25, 0.3) is 0 Å². The molecule has 0 fully saturated rings. The van der Waals surface area contributed by atoms with E-state index in [0.29, 0.717) is 0 Å². The van der Waals surface area contributed by atoms with Crippen molar-refractivity contribution in [1.82, 2.24) is 0 Å². The predicted molar refractivity (Wildman–Crippen MR) is 167 cm³/mol. The van der Waals surface area contributed by atoms with Gasteiger partial charge in [0.15, 0.2) is 32.0 Å². The SMILES string of the molecule is COc1ccc(S(=O)(=O)CCOSOO[O-])cc1N=Nc1cc(N=Nc2ccc(S(=O)(=O)CCOS(=O)(=O)[O-])cc2SOO[O-])c(N)cc1N.[Na+].[Na+].[Na+]. The van der Waals surface area contributed by atoms with Crippen LogP contribution in [0, 0.1) is 0 Å². The Balaban J connectivity index is 0.00000901. The Morgan fingerprint density at radius 1 is 0.679 bits per heavy atom. The van der Waals surface area contributed by atoms with E-state index in [2.05, 4.69) is 43.4 Å². The van der Waals surface area contributed by atoms with Crippen molar-refractivity contribution in [1.29, 1.82) is 0 Å². The second kappa shape index (κ2) is 24.9. The Hall–Kier alpha value is -0.550. The summed E-state index contributed by atoms with van der Waals surface area (Å²) in [6, 6.07) is 9.62. The van der Waals surface area contributed by atoms with Gasteiger partial charge in [-0.05, 0) is 48.5 Å². The van der Waals surface area contributed by atoms with Crippen LogP contribution in [-0.4, -0.2) is 61.6 Å². The summed E-state index contributed by atoms with van der Waals surface area (Å²) >= 11 is 0.427. The normalized spacial score (nSPS) is 11.9. The van der Waals surface area contributed by atoms with Crippen molar-refractivity contribution in [3.8, 4) is 5.75 Å².